The Balaban J connectivity index is 0.00000161. The summed E-state index contributed by atoms with van der Waals surface area (Å²) in [5, 5.41) is 0. The van der Waals surface area contributed by atoms with Crippen LogP contribution in [0.3, 0.4) is 0 Å². The van der Waals surface area contributed by atoms with Crippen molar-refractivity contribution in [1.82, 2.24) is 0 Å². The van der Waals surface area contributed by atoms with Crippen LogP contribution in [0, 0.1) is 0 Å². The number of hydrogen-bond donors (Lipinski definition) is 1. The van der Waals surface area contributed by atoms with E-state index < -0.39 is 0 Å². The molecule has 0 aromatic heterocycles. The van der Waals surface area contributed by atoms with Gasteiger partial charge in [-0.15, -0.1) is 12.4 Å². The molecule has 0 amide bonds. The Labute approximate surface area is 133 Å². The van der Waals surface area contributed by atoms with Crippen LogP contribution in [0.5, 0.6) is 0 Å². The normalized spacial score (nSPS) is 16.1. The first-order valence-corrected chi connectivity index (χ1v) is 7.50. The Bertz CT molecular complexity index is 550. The van der Waals surface area contributed by atoms with Gasteiger partial charge in [-0.1, -0.05) is 42.5 Å². The fourth-order valence-electron chi connectivity index (χ4n) is 2.92. The minimum atomic E-state index is -0.0408. The highest BCUT2D eigenvalue weighted by Gasteiger charge is 2.13. The molecule has 2 N–H and O–H groups in total. The molecule has 3 heteroatoms. The van der Waals surface area contributed by atoms with E-state index in [4.69, 9.17) is 5.73 Å². The molecule has 0 bridgehead atoms. The van der Waals surface area contributed by atoms with Crippen molar-refractivity contribution < 1.29 is 0 Å². The largest absolute Gasteiger partial charge is 0.372 e. The van der Waals surface area contributed by atoms with Crippen LogP contribution in [0.4, 0.5) is 5.69 Å². The third kappa shape index (κ3) is 3.78. The van der Waals surface area contributed by atoms with E-state index in [-0.39, 0.29) is 18.4 Å². The number of benzene rings is 2. The number of nitrogens with two attached hydrogens (primary N) is 1. The maximum Gasteiger partial charge on any atom is 0.0552 e. The van der Waals surface area contributed by atoms with E-state index in [0.717, 1.165) is 0 Å². The zero-order valence-electron chi connectivity index (χ0n) is 12.2. The fraction of sp³-hybridized carbons (Fsp3) is 0.333. The van der Waals surface area contributed by atoms with Crippen LogP contribution in [0.2, 0.25) is 0 Å². The summed E-state index contributed by atoms with van der Waals surface area (Å²) in [6.45, 7) is 2.34. The Morgan fingerprint density at radius 2 is 1.48 bits per heavy atom. The average molecular weight is 303 g/mol. The molecule has 1 unspecified atom stereocenters. The zero-order chi connectivity index (χ0) is 13.8. The van der Waals surface area contributed by atoms with Crippen molar-refractivity contribution >= 4 is 18.1 Å². The first-order chi connectivity index (χ1) is 9.84. The molecular formula is C18H23ClN2. The molecule has 2 aromatic carbocycles. The topological polar surface area (TPSA) is 29.3 Å². The monoisotopic (exact) mass is 302 g/mol. The van der Waals surface area contributed by atoms with Gasteiger partial charge in [0.15, 0.2) is 0 Å². The highest BCUT2D eigenvalue weighted by atomic mass is 35.5. The average Bonchev–Trinajstić information content (AvgIpc) is 2.56. The maximum absolute atomic E-state index is 6.40. The number of halogens is 1. The molecule has 2 aromatic rings. The molecule has 0 radical (unpaired) electrons. The SMILES string of the molecule is Cl.NC(c1ccccc1)c1cccc(N2CCCCC2)c1. The van der Waals surface area contributed by atoms with Gasteiger partial charge in [-0.2, -0.15) is 0 Å². The van der Waals surface area contributed by atoms with Crippen molar-refractivity contribution in [1.29, 1.82) is 0 Å². The van der Waals surface area contributed by atoms with Crippen LogP contribution < -0.4 is 10.6 Å². The van der Waals surface area contributed by atoms with Gasteiger partial charge in [0.1, 0.15) is 0 Å². The maximum atomic E-state index is 6.40. The molecule has 21 heavy (non-hydrogen) atoms. The molecule has 1 aliphatic heterocycles. The summed E-state index contributed by atoms with van der Waals surface area (Å²) in [4.78, 5) is 2.48. The quantitative estimate of drug-likeness (QED) is 0.923. The Kier molecular flexibility index (Phi) is 5.66. The summed E-state index contributed by atoms with van der Waals surface area (Å²) in [6, 6.07) is 19.0. The lowest BCUT2D eigenvalue weighted by Gasteiger charge is -2.29. The van der Waals surface area contributed by atoms with E-state index in [1.807, 2.05) is 18.2 Å². The van der Waals surface area contributed by atoms with Crippen LogP contribution >= 0.6 is 12.4 Å². The van der Waals surface area contributed by atoms with Crippen molar-refractivity contribution in [3.8, 4) is 0 Å². The molecule has 2 nitrogen and oxygen atoms in total. The fourth-order valence-corrected chi connectivity index (χ4v) is 2.92. The van der Waals surface area contributed by atoms with Crippen molar-refractivity contribution in [2.45, 2.75) is 25.3 Å². The number of hydrogen-bond acceptors (Lipinski definition) is 2. The van der Waals surface area contributed by atoms with E-state index >= 15 is 0 Å². The molecule has 0 spiro atoms. The number of nitrogens with zero attached hydrogens (tertiary/aromatic N) is 1. The van der Waals surface area contributed by atoms with Crippen LogP contribution in [-0.4, -0.2) is 13.1 Å². The van der Waals surface area contributed by atoms with Gasteiger partial charge in [0, 0.05) is 18.8 Å². The van der Waals surface area contributed by atoms with E-state index in [1.165, 1.54) is 49.2 Å². The minimum Gasteiger partial charge on any atom is -0.372 e. The van der Waals surface area contributed by atoms with Crippen molar-refractivity contribution in [2.75, 3.05) is 18.0 Å². The molecule has 3 rings (SSSR count). The first-order valence-electron chi connectivity index (χ1n) is 7.50. The van der Waals surface area contributed by atoms with Crippen molar-refractivity contribution in [3.05, 3.63) is 65.7 Å². The first kappa shape index (κ1) is 15.9. The third-order valence-corrected chi connectivity index (χ3v) is 4.11. The smallest absolute Gasteiger partial charge is 0.0552 e. The predicted molar refractivity (Wildman–Crippen MR) is 92.2 cm³/mol. The van der Waals surface area contributed by atoms with Crippen LogP contribution in [0.25, 0.3) is 0 Å². The zero-order valence-corrected chi connectivity index (χ0v) is 13.1. The van der Waals surface area contributed by atoms with Gasteiger partial charge in [0.2, 0.25) is 0 Å². The number of rotatable bonds is 3. The summed E-state index contributed by atoms with van der Waals surface area (Å²) < 4.78 is 0. The highest BCUT2D eigenvalue weighted by molar-refractivity contribution is 5.85. The van der Waals surface area contributed by atoms with Crippen molar-refractivity contribution in [3.63, 3.8) is 0 Å². The second-order valence-corrected chi connectivity index (χ2v) is 5.53. The lowest BCUT2D eigenvalue weighted by molar-refractivity contribution is 0.577. The highest BCUT2D eigenvalue weighted by Crippen LogP contribution is 2.25. The van der Waals surface area contributed by atoms with Gasteiger partial charge in [0.05, 0.1) is 6.04 Å². The second kappa shape index (κ2) is 7.48. The number of piperidine rings is 1. The molecule has 0 saturated carbocycles. The van der Waals surface area contributed by atoms with E-state index in [0.29, 0.717) is 0 Å². The van der Waals surface area contributed by atoms with Crippen LogP contribution in [0.1, 0.15) is 36.4 Å². The van der Waals surface area contributed by atoms with Crippen molar-refractivity contribution in [2.24, 2.45) is 5.73 Å². The Hall–Kier alpha value is -1.51. The van der Waals surface area contributed by atoms with Gasteiger partial charge in [-0.05, 0) is 42.5 Å². The summed E-state index contributed by atoms with van der Waals surface area (Å²) in [7, 11) is 0. The molecule has 1 heterocycles. The van der Waals surface area contributed by atoms with Crippen LogP contribution in [0.15, 0.2) is 54.6 Å². The Morgan fingerprint density at radius 3 is 2.19 bits per heavy atom. The predicted octanol–water partition coefficient (Wildman–Crippen LogP) is 4.15. The molecular weight excluding hydrogens is 280 g/mol. The van der Waals surface area contributed by atoms with E-state index in [9.17, 15) is 0 Å². The summed E-state index contributed by atoms with van der Waals surface area (Å²) in [5.74, 6) is 0. The molecule has 1 saturated heterocycles. The molecule has 1 aliphatic rings. The Morgan fingerprint density at radius 1 is 0.810 bits per heavy atom. The van der Waals surface area contributed by atoms with Gasteiger partial charge in [0.25, 0.3) is 0 Å². The minimum absolute atomic E-state index is 0. The second-order valence-electron chi connectivity index (χ2n) is 5.53. The molecule has 1 fully saturated rings. The van der Waals surface area contributed by atoms with E-state index in [2.05, 4.69) is 41.3 Å². The molecule has 112 valence electrons. The van der Waals surface area contributed by atoms with E-state index in [1.54, 1.807) is 0 Å². The lowest BCUT2D eigenvalue weighted by atomic mass is 9.98. The summed E-state index contributed by atoms with van der Waals surface area (Å²) in [6.07, 6.45) is 3.96. The van der Waals surface area contributed by atoms with Gasteiger partial charge in [-0.3, -0.25) is 0 Å². The van der Waals surface area contributed by atoms with Crippen LogP contribution in [-0.2, 0) is 0 Å². The van der Waals surface area contributed by atoms with Gasteiger partial charge >= 0.3 is 0 Å². The third-order valence-electron chi connectivity index (χ3n) is 4.11. The standard InChI is InChI=1S/C18H22N2.ClH/c19-18(15-8-3-1-4-9-15)16-10-7-11-17(14-16)20-12-5-2-6-13-20;/h1,3-4,7-11,14,18H,2,5-6,12-13,19H2;1H. The number of anilines is 1. The van der Waals surface area contributed by atoms with Gasteiger partial charge < -0.3 is 10.6 Å². The summed E-state index contributed by atoms with van der Waals surface area (Å²) in [5.41, 5.74) is 10.1. The molecule has 0 aliphatic carbocycles. The summed E-state index contributed by atoms with van der Waals surface area (Å²) >= 11 is 0. The lowest BCUT2D eigenvalue weighted by Crippen LogP contribution is -2.29. The molecule has 1 atom stereocenters. The van der Waals surface area contributed by atoms with Gasteiger partial charge in [-0.25, -0.2) is 0 Å².